The zero-order chi connectivity index (χ0) is 48.8. The van der Waals surface area contributed by atoms with Crippen molar-refractivity contribution >= 4 is 29.4 Å². The number of hydrogen-bond acceptors (Lipinski definition) is 5. The zero-order valence-electron chi connectivity index (χ0n) is 43.9. The summed E-state index contributed by atoms with van der Waals surface area (Å²) >= 11 is 0. The summed E-state index contributed by atoms with van der Waals surface area (Å²) < 4.78 is 0. The normalized spacial score (nSPS) is 15.6. The quantitative estimate of drug-likeness (QED) is 0.0382. The molecule has 7 heteroatoms. The van der Waals surface area contributed by atoms with Gasteiger partial charge in [-0.05, 0) is 74.6 Å². The Morgan fingerprint density at radius 3 is 1.19 bits per heavy atom. The van der Waals surface area contributed by atoms with Crippen molar-refractivity contribution in [3.63, 3.8) is 0 Å². The van der Waals surface area contributed by atoms with Crippen LogP contribution in [0.25, 0.3) is 0 Å². The molecule has 2 aliphatic rings. The van der Waals surface area contributed by atoms with E-state index in [1.165, 1.54) is 163 Å². The third kappa shape index (κ3) is 17.1. The van der Waals surface area contributed by atoms with Gasteiger partial charge in [-0.15, -0.1) is 0 Å². The maximum atomic E-state index is 13.8. The van der Waals surface area contributed by atoms with Crippen LogP contribution in [0.4, 0.5) is 0 Å². The Labute approximate surface area is 408 Å². The van der Waals surface area contributed by atoms with Gasteiger partial charge in [0.2, 0.25) is 0 Å². The summed E-state index contributed by atoms with van der Waals surface area (Å²) in [4.78, 5) is 70.8. The van der Waals surface area contributed by atoms with Crippen LogP contribution >= 0.6 is 0 Å². The maximum Gasteiger partial charge on any atom is 0.262 e. The van der Waals surface area contributed by atoms with Crippen molar-refractivity contribution in [2.45, 2.75) is 247 Å². The standard InChI is InChI=1S/C60H94N2O5/c1-9-11-13-15-21-27-33-45(3)47(5)35-29-23-17-19-25-31-41-60(7,8)62-58(66)52-40-38-50(44-54(52)59(62)67)55(63)49-37-39-51-53(43-49)57(65)61(56(51)64)42-32-26-20-18-24-30-36-48(6)46(4)34-28-22-16-14-12-10-2/h37-40,43-48H,9-36,41-42H2,1-8H3. The minimum atomic E-state index is -0.665. The molecule has 0 fully saturated rings. The molecule has 4 amide bonds. The van der Waals surface area contributed by atoms with Gasteiger partial charge >= 0.3 is 0 Å². The number of benzene rings is 2. The van der Waals surface area contributed by atoms with Crippen LogP contribution in [0.15, 0.2) is 36.4 Å². The van der Waals surface area contributed by atoms with E-state index in [1.807, 2.05) is 13.8 Å². The average molecular weight is 923 g/mol. The summed E-state index contributed by atoms with van der Waals surface area (Å²) in [6, 6.07) is 9.37. The van der Waals surface area contributed by atoms with Gasteiger partial charge in [0.25, 0.3) is 23.6 Å². The molecule has 2 aliphatic heterocycles. The van der Waals surface area contributed by atoms with E-state index < -0.39 is 5.54 Å². The Bertz CT molecular complexity index is 1860. The van der Waals surface area contributed by atoms with Crippen LogP contribution in [0.1, 0.15) is 299 Å². The summed E-state index contributed by atoms with van der Waals surface area (Å²) in [6.07, 6.45) is 35.8. The fourth-order valence-electron chi connectivity index (χ4n) is 10.7. The van der Waals surface area contributed by atoms with E-state index in [9.17, 15) is 24.0 Å². The Morgan fingerprint density at radius 1 is 0.433 bits per heavy atom. The smallest absolute Gasteiger partial charge is 0.262 e. The molecule has 0 aliphatic carbocycles. The van der Waals surface area contributed by atoms with E-state index in [4.69, 9.17) is 0 Å². The number of ketones is 1. The van der Waals surface area contributed by atoms with Gasteiger partial charge in [-0.3, -0.25) is 33.8 Å². The van der Waals surface area contributed by atoms with Gasteiger partial charge in [-0.2, -0.15) is 0 Å². The van der Waals surface area contributed by atoms with Gasteiger partial charge in [0.05, 0.1) is 22.3 Å². The van der Waals surface area contributed by atoms with Gasteiger partial charge < -0.3 is 0 Å². The molecule has 0 bridgehead atoms. The Hall–Kier alpha value is -3.61. The van der Waals surface area contributed by atoms with E-state index in [2.05, 4.69) is 41.5 Å². The monoisotopic (exact) mass is 923 g/mol. The first-order valence-corrected chi connectivity index (χ1v) is 27.8. The molecule has 2 aromatic carbocycles. The van der Waals surface area contributed by atoms with Crippen molar-refractivity contribution in [3.05, 3.63) is 69.8 Å². The Morgan fingerprint density at radius 2 is 0.761 bits per heavy atom. The number of rotatable bonds is 37. The maximum absolute atomic E-state index is 13.8. The molecule has 4 unspecified atom stereocenters. The number of hydrogen-bond donors (Lipinski definition) is 0. The fourth-order valence-corrected chi connectivity index (χ4v) is 10.7. The van der Waals surface area contributed by atoms with E-state index in [0.29, 0.717) is 24.1 Å². The van der Waals surface area contributed by atoms with Gasteiger partial charge in [-0.25, -0.2) is 0 Å². The molecular formula is C60H94N2O5. The molecule has 0 aromatic heterocycles. The highest BCUT2D eigenvalue weighted by Crippen LogP contribution is 2.34. The summed E-state index contributed by atoms with van der Waals surface area (Å²) in [7, 11) is 0. The first kappa shape index (κ1) is 56.0. The van der Waals surface area contributed by atoms with Gasteiger partial charge in [-0.1, -0.05) is 227 Å². The number of nitrogens with zero attached hydrogens (tertiary/aromatic N) is 2. The molecule has 4 atom stereocenters. The topological polar surface area (TPSA) is 91.8 Å². The van der Waals surface area contributed by atoms with Gasteiger partial charge in [0.15, 0.2) is 5.78 Å². The zero-order valence-corrected chi connectivity index (χ0v) is 43.9. The molecule has 0 N–H and O–H groups in total. The minimum absolute atomic E-state index is 0.237. The molecule has 0 spiro atoms. The predicted molar refractivity (Wildman–Crippen MR) is 278 cm³/mol. The second-order valence-electron chi connectivity index (χ2n) is 22.0. The summed E-state index contributed by atoms with van der Waals surface area (Å²) in [5.74, 6) is 1.42. The second kappa shape index (κ2) is 29.4. The molecule has 7 nitrogen and oxygen atoms in total. The SMILES string of the molecule is CCCCCCCCC(C)C(C)CCCCCCCCN1C(=O)c2ccc(C(=O)c3ccc4c(c3)C(=O)N(C(C)(C)CCCCCCCCC(C)C(C)CCCCCCCC)C4=O)cc2C1=O. The van der Waals surface area contributed by atoms with Crippen molar-refractivity contribution in [2.75, 3.05) is 6.54 Å². The van der Waals surface area contributed by atoms with Gasteiger partial charge in [0.1, 0.15) is 0 Å². The lowest BCUT2D eigenvalue weighted by Crippen LogP contribution is -2.47. The van der Waals surface area contributed by atoms with Crippen molar-refractivity contribution in [3.8, 4) is 0 Å². The third-order valence-electron chi connectivity index (χ3n) is 15.9. The first-order chi connectivity index (χ1) is 32.2. The molecular weight excluding hydrogens is 829 g/mol. The van der Waals surface area contributed by atoms with Crippen LogP contribution in [0.2, 0.25) is 0 Å². The predicted octanol–water partition coefficient (Wildman–Crippen LogP) is 16.8. The summed E-state index contributed by atoms with van der Waals surface area (Å²) in [6.45, 7) is 18.5. The van der Waals surface area contributed by atoms with Crippen LogP contribution in [0.5, 0.6) is 0 Å². The molecule has 67 heavy (non-hydrogen) atoms. The lowest BCUT2D eigenvalue weighted by atomic mass is 9.86. The molecule has 374 valence electrons. The van der Waals surface area contributed by atoms with Crippen molar-refractivity contribution < 1.29 is 24.0 Å². The molecule has 0 radical (unpaired) electrons. The molecule has 0 saturated heterocycles. The van der Waals surface area contributed by atoms with Crippen molar-refractivity contribution in [2.24, 2.45) is 23.7 Å². The highest BCUT2D eigenvalue weighted by Gasteiger charge is 2.44. The van der Waals surface area contributed by atoms with Crippen LogP contribution < -0.4 is 0 Å². The summed E-state index contributed by atoms with van der Waals surface area (Å²) in [5, 5.41) is 0. The van der Waals surface area contributed by atoms with Crippen molar-refractivity contribution in [1.29, 1.82) is 0 Å². The highest BCUT2D eigenvalue weighted by atomic mass is 16.2. The number of fused-ring (bicyclic) bond motifs is 2. The van der Waals surface area contributed by atoms with Crippen LogP contribution in [0.3, 0.4) is 0 Å². The van der Waals surface area contributed by atoms with Gasteiger partial charge in [0, 0.05) is 23.2 Å². The van der Waals surface area contributed by atoms with E-state index >= 15 is 0 Å². The number of carbonyl (C=O) groups is 5. The number of amides is 4. The summed E-state index contributed by atoms with van der Waals surface area (Å²) in [5.41, 5.74) is 0.995. The van der Waals surface area contributed by atoms with Crippen LogP contribution in [-0.2, 0) is 0 Å². The number of unbranched alkanes of at least 4 members (excludes halogenated alkanes) is 20. The van der Waals surface area contributed by atoms with Crippen molar-refractivity contribution in [1.82, 2.24) is 9.80 Å². The van der Waals surface area contributed by atoms with Crippen LogP contribution in [-0.4, -0.2) is 51.3 Å². The van der Waals surface area contributed by atoms with E-state index in [0.717, 1.165) is 62.2 Å². The van der Waals surface area contributed by atoms with E-state index in [1.54, 1.807) is 24.3 Å². The Balaban J connectivity index is 1.16. The number of imide groups is 2. The fraction of sp³-hybridized carbons (Fsp3) is 0.717. The Kier molecular flexibility index (Phi) is 24.6. The van der Waals surface area contributed by atoms with E-state index in [-0.39, 0.29) is 51.7 Å². The molecule has 0 saturated carbocycles. The highest BCUT2D eigenvalue weighted by molar-refractivity contribution is 6.24. The average Bonchev–Trinajstić information content (AvgIpc) is 3.72. The minimum Gasteiger partial charge on any atom is -0.289 e. The lowest BCUT2D eigenvalue weighted by molar-refractivity contribution is 0.0461. The molecule has 2 heterocycles. The van der Waals surface area contributed by atoms with Crippen LogP contribution in [0, 0.1) is 23.7 Å². The lowest BCUT2D eigenvalue weighted by Gasteiger charge is -2.34. The second-order valence-corrected chi connectivity index (χ2v) is 22.0. The third-order valence-corrected chi connectivity index (χ3v) is 15.9. The molecule has 2 aromatic rings. The number of carbonyl (C=O) groups excluding carboxylic acids is 5. The first-order valence-electron chi connectivity index (χ1n) is 27.8. The largest absolute Gasteiger partial charge is 0.289 e. The molecule has 4 rings (SSSR count).